The largest absolute Gasteiger partial charge is 0.370 e. The van der Waals surface area contributed by atoms with E-state index in [2.05, 4.69) is 34.3 Å². The summed E-state index contributed by atoms with van der Waals surface area (Å²) in [4.78, 5) is 19.0. The standard InChI is InChI=1S/C22H23N3O/c1-3-18-11-7-8-12-20(18)24-22(26)21-15-19(13-14-23-21)25(2)16-17-9-5-4-6-10-17/h4-15H,3,16H2,1-2H3,(H,24,26). The number of para-hydroxylation sites is 1. The van der Waals surface area contributed by atoms with Crippen molar-refractivity contribution in [3.05, 3.63) is 89.7 Å². The van der Waals surface area contributed by atoms with Gasteiger partial charge >= 0.3 is 0 Å². The van der Waals surface area contributed by atoms with Crippen molar-refractivity contribution in [2.45, 2.75) is 19.9 Å². The zero-order valence-electron chi connectivity index (χ0n) is 15.1. The molecule has 2 aromatic carbocycles. The zero-order chi connectivity index (χ0) is 18.4. The van der Waals surface area contributed by atoms with Gasteiger partial charge in [-0.2, -0.15) is 0 Å². The third-order valence-corrected chi connectivity index (χ3v) is 4.33. The third kappa shape index (κ3) is 4.28. The molecule has 0 bridgehead atoms. The van der Waals surface area contributed by atoms with Crippen molar-refractivity contribution in [1.82, 2.24) is 4.98 Å². The molecule has 0 saturated heterocycles. The van der Waals surface area contributed by atoms with E-state index in [0.29, 0.717) is 5.69 Å². The minimum Gasteiger partial charge on any atom is -0.370 e. The summed E-state index contributed by atoms with van der Waals surface area (Å²) in [6, 6.07) is 21.8. The molecule has 3 aromatic rings. The summed E-state index contributed by atoms with van der Waals surface area (Å²) in [6.07, 6.45) is 2.54. The van der Waals surface area contributed by atoms with Gasteiger partial charge in [-0.15, -0.1) is 0 Å². The van der Waals surface area contributed by atoms with Gasteiger partial charge in [0.25, 0.3) is 5.91 Å². The molecule has 0 aliphatic rings. The first-order chi connectivity index (χ1) is 12.7. The first-order valence-electron chi connectivity index (χ1n) is 8.77. The van der Waals surface area contributed by atoms with Crippen LogP contribution in [0.2, 0.25) is 0 Å². The topological polar surface area (TPSA) is 45.2 Å². The molecule has 1 aromatic heterocycles. The van der Waals surface area contributed by atoms with Crippen molar-refractivity contribution in [1.29, 1.82) is 0 Å². The number of pyridine rings is 1. The lowest BCUT2D eigenvalue weighted by Gasteiger charge is -2.20. The van der Waals surface area contributed by atoms with Crippen molar-refractivity contribution in [3.63, 3.8) is 0 Å². The van der Waals surface area contributed by atoms with E-state index in [9.17, 15) is 4.79 Å². The van der Waals surface area contributed by atoms with Gasteiger partial charge in [-0.25, -0.2) is 0 Å². The highest BCUT2D eigenvalue weighted by atomic mass is 16.1. The second-order valence-corrected chi connectivity index (χ2v) is 6.21. The maximum absolute atomic E-state index is 12.6. The number of hydrogen-bond donors (Lipinski definition) is 1. The number of aryl methyl sites for hydroxylation is 1. The van der Waals surface area contributed by atoms with Crippen LogP contribution in [0.15, 0.2) is 72.9 Å². The maximum Gasteiger partial charge on any atom is 0.274 e. The maximum atomic E-state index is 12.6. The van der Waals surface area contributed by atoms with Crippen LogP contribution in [0.25, 0.3) is 0 Å². The number of carbonyl (C=O) groups excluding carboxylic acids is 1. The molecule has 0 saturated carbocycles. The molecular weight excluding hydrogens is 322 g/mol. The molecule has 4 heteroatoms. The lowest BCUT2D eigenvalue weighted by Crippen LogP contribution is -2.19. The molecule has 4 nitrogen and oxygen atoms in total. The number of aromatic nitrogens is 1. The van der Waals surface area contributed by atoms with Gasteiger partial charge in [0.15, 0.2) is 0 Å². The first-order valence-corrected chi connectivity index (χ1v) is 8.77. The van der Waals surface area contributed by atoms with E-state index < -0.39 is 0 Å². The van der Waals surface area contributed by atoms with E-state index in [4.69, 9.17) is 0 Å². The number of nitrogens with zero attached hydrogens (tertiary/aromatic N) is 2. The molecule has 1 N–H and O–H groups in total. The SMILES string of the molecule is CCc1ccccc1NC(=O)c1cc(N(C)Cc2ccccc2)ccn1. The Hall–Kier alpha value is -3.14. The van der Waals surface area contributed by atoms with Gasteiger partial charge in [0.1, 0.15) is 5.69 Å². The Kier molecular flexibility index (Phi) is 5.64. The molecule has 0 atom stereocenters. The fourth-order valence-corrected chi connectivity index (χ4v) is 2.87. The average Bonchev–Trinajstić information content (AvgIpc) is 2.69. The van der Waals surface area contributed by atoms with Crippen LogP contribution < -0.4 is 10.2 Å². The molecule has 0 fully saturated rings. The van der Waals surface area contributed by atoms with Crippen molar-refractivity contribution in [2.75, 3.05) is 17.3 Å². The molecule has 0 radical (unpaired) electrons. The van der Waals surface area contributed by atoms with Crippen molar-refractivity contribution < 1.29 is 4.79 Å². The number of nitrogens with one attached hydrogen (secondary N) is 1. The number of benzene rings is 2. The van der Waals surface area contributed by atoms with Gasteiger partial charge in [0.2, 0.25) is 0 Å². The summed E-state index contributed by atoms with van der Waals surface area (Å²) in [5.41, 5.74) is 4.53. The second-order valence-electron chi connectivity index (χ2n) is 6.21. The number of anilines is 2. The van der Waals surface area contributed by atoms with Gasteiger partial charge < -0.3 is 10.2 Å². The van der Waals surface area contributed by atoms with Crippen LogP contribution in [0.1, 0.15) is 28.5 Å². The highest BCUT2D eigenvalue weighted by Gasteiger charge is 2.12. The molecule has 0 aliphatic carbocycles. The summed E-state index contributed by atoms with van der Waals surface area (Å²) >= 11 is 0. The molecule has 132 valence electrons. The smallest absolute Gasteiger partial charge is 0.274 e. The number of carbonyl (C=O) groups is 1. The van der Waals surface area contributed by atoms with E-state index in [1.807, 2.05) is 61.6 Å². The Morgan fingerprint density at radius 3 is 2.54 bits per heavy atom. The molecule has 3 rings (SSSR count). The third-order valence-electron chi connectivity index (χ3n) is 4.33. The van der Waals surface area contributed by atoms with Crippen molar-refractivity contribution >= 4 is 17.3 Å². The van der Waals surface area contributed by atoms with Crippen LogP contribution in [0.4, 0.5) is 11.4 Å². The minimum absolute atomic E-state index is 0.194. The number of rotatable bonds is 6. The Bertz CT molecular complexity index is 877. The summed E-state index contributed by atoms with van der Waals surface area (Å²) in [6.45, 7) is 2.84. The van der Waals surface area contributed by atoms with Crippen LogP contribution in [0.3, 0.4) is 0 Å². The zero-order valence-corrected chi connectivity index (χ0v) is 15.1. The second kappa shape index (κ2) is 8.30. The molecule has 0 unspecified atom stereocenters. The summed E-state index contributed by atoms with van der Waals surface area (Å²) in [7, 11) is 2.01. The van der Waals surface area contributed by atoms with Gasteiger partial charge in [0, 0.05) is 31.2 Å². The van der Waals surface area contributed by atoms with Crippen molar-refractivity contribution in [2.24, 2.45) is 0 Å². The number of hydrogen-bond acceptors (Lipinski definition) is 3. The predicted molar refractivity (Wildman–Crippen MR) is 107 cm³/mol. The molecule has 1 amide bonds. The van der Waals surface area contributed by atoms with Gasteiger partial charge in [-0.1, -0.05) is 55.5 Å². The molecular formula is C22H23N3O. The summed E-state index contributed by atoms with van der Waals surface area (Å²) in [5.74, 6) is -0.194. The molecule has 26 heavy (non-hydrogen) atoms. The van der Waals surface area contributed by atoms with Crippen LogP contribution >= 0.6 is 0 Å². The normalized spacial score (nSPS) is 10.4. The van der Waals surface area contributed by atoms with Crippen LogP contribution in [-0.4, -0.2) is 17.9 Å². The predicted octanol–water partition coefficient (Wildman–Crippen LogP) is 4.53. The Morgan fingerprint density at radius 2 is 1.77 bits per heavy atom. The number of amides is 1. The quantitative estimate of drug-likeness (QED) is 0.714. The molecule has 0 aliphatic heterocycles. The van der Waals surface area contributed by atoms with Crippen LogP contribution in [0, 0.1) is 0 Å². The van der Waals surface area contributed by atoms with E-state index in [1.165, 1.54) is 5.56 Å². The van der Waals surface area contributed by atoms with Gasteiger partial charge in [-0.05, 0) is 35.7 Å². The minimum atomic E-state index is -0.194. The van der Waals surface area contributed by atoms with Crippen molar-refractivity contribution in [3.8, 4) is 0 Å². The Morgan fingerprint density at radius 1 is 1.04 bits per heavy atom. The van der Waals surface area contributed by atoms with Gasteiger partial charge in [-0.3, -0.25) is 9.78 Å². The summed E-state index contributed by atoms with van der Waals surface area (Å²) < 4.78 is 0. The lowest BCUT2D eigenvalue weighted by molar-refractivity contribution is 0.102. The lowest BCUT2D eigenvalue weighted by atomic mass is 10.1. The summed E-state index contributed by atoms with van der Waals surface area (Å²) in [5, 5.41) is 2.97. The Balaban J connectivity index is 1.75. The Labute approximate surface area is 154 Å². The van der Waals surface area contributed by atoms with Crippen LogP contribution in [0.5, 0.6) is 0 Å². The van der Waals surface area contributed by atoms with E-state index in [-0.39, 0.29) is 5.91 Å². The molecule has 0 spiro atoms. The highest BCUT2D eigenvalue weighted by molar-refractivity contribution is 6.03. The van der Waals surface area contributed by atoms with E-state index in [0.717, 1.165) is 29.9 Å². The highest BCUT2D eigenvalue weighted by Crippen LogP contribution is 2.19. The van der Waals surface area contributed by atoms with E-state index in [1.54, 1.807) is 6.20 Å². The van der Waals surface area contributed by atoms with Crippen LogP contribution in [-0.2, 0) is 13.0 Å². The van der Waals surface area contributed by atoms with Gasteiger partial charge in [0.05, 0.1) is 0 Å². The molecule has 1 heterocycles. The van der Waals surface area contributed by atoms with E-state index >= 15 is 0 Å². The fourth-order valence-electron chi connectivity index (χ4n) is 2.87. The monoisotopic (exact) mass is 345 g/mol. The fraction of sp³-hybridized carbons (Fsp3) is 0.182. The average molecular weight is 345 g/mol. The first kappa shape index (κ1) is 17.7.